The highest BCUT2D eigenvalue weighted by Crippen LogP contribution is 2.24. The molecule has 0 saturated carbocycles. The molecule has 30 heavy (non-hydrogen) atoms. The van der Waals surface area contributed by atoms with Crippen LogP contribution in [0.15, 0.2) is 32.4 Å². The van der Waals surface area contributed by atoms with Crippen LogP contribution in [0.3, 0.4) is 0 Å². The molecular formula is C20H26N6O4. The van der Waals surface area contributed by atoms with Crippen molar-refractivity contribution >= 4 is 17.1 Å². The van der Waals surface area contributed by atoms with Crippen molar-refractivity contribution in [3.05, 3.63) is 50.8 Å². The number of amides is 1. The fourth-order valence-corrected chi connectivity index (χ4v) is 3.92. The van der Waals surface area contributed by atoms with E-state index in [1.807, 2.05) is 12.1 Å². The second-order valence-electron chi connectivity index (χ2n) is 7.63. The van der Waals surface area contributed by atoms with Gasteiger partial charge in [-0.2, -0.15) is 0 Å². The maximum atomic E-state index is 12.5. The number of fused-ring (bicyclic) bond motifs is 1. The number of likely N-dealkylation sites (tertiary alicyclic amines) is 1. The number of hydrogen-bond donors (Lipinski definition) is 3. The van der Waals surface area contributed by atoms with Crippen LogP contribution in [0.1, 0.15) is 43.3 Å². The molecule has 4 rings (SSSR count). The second-order valence-corrected chi connectivity index (χ2v) is 7.63. The summed E-state index contributed by atoms with van der Waals surface area (Å²) in [4.78, 5) is 47.8. The first-order chi connectivity index (χ1) is 14.5. The van der Waals surface area contributed by atoms with Gasteiger partial charge in [0.2, 0.25) is 5.91 Å². The summed E-state index contributed by atoms with van der Waals surface area (Å²) in [5, 5.41) is 3.00. The Labute approximate surface area is 172 Å². The van der Waals surface area contributed by atoms with Crippen molar-refractivity contribution in [2.24, 2.45) is 7.05 Å². The van der Waals surface area contributed by atoms with E-state index in [0.29, 0.717) is 18.8 Å². The molecule has 0 radical (unpaired) electrons. The van der Waals surface area contributed by atoms with Gasteiger partial charge in [-0.15, -0.1) is 0 Å². The number of nitrogens with zero attached hydrogens (tertiary/aromatic N) is 3. The number of H-pyrrole nitrogens is 2. The van der Waals surface area contributed by atoms with E-state index in [-0.39, 0.29) is 29.5 Å². The first kappa shape index (κ1) is 20.1. The quantitative estimate of drug-likeness (QED) is 0.525. The van der Waals surface area contributed by atoms with E-state index in [9.17, 15) is 14.4 Å². The lowest BCUT2D eigenvalue weighted by molar-refractivity contribution is -0.121. The molecule has 0 aliphatic carbocycles. The van der Waals surface area contributed by atoms with Gasteiger partial charge in [0.15, 0.2) is 5.65 Å². The standard InChI is InChI=1S/C20H26N6O4/c1-25-18-17(19(28)24-20(25)29)22-15(23-18)7-8-16(27)21-12-13(14-6-5-11-30-14)26-9-3-2-4-10-26/h5-6,11,13H,2-4,7-10,12H2,1H3,(H,21,27)(H,22,23)(H,24,28,29)/t13-/m1/s1. The Morgan fingerprint density at radius 1 is 1.27 bits per heavy atom. The lowest BCUT2D eigenvalue weighted by Crippen LogP contribution is -2.40. The Morgan fingerprint density at radius 3 is 2.80 bits per heavy atom. The molecule has 0 spiro atoms. The van der Waals surface area contributed by atoms with Crippen molar-refractivity contribution < 1.29 is 9.21 Å². The Balaban J connectivity index is 1.38. The van der Waals surface area contributed by atoms with Crippen molar-refractivity contribution in [1.82, 2.24) is 29.7 Å². The number of carbonyl (C=O) groups is 1. The van der Waals surface area contributed by atoms with E-state index in [4.69, 9.17) is 4.42 Å². The normalized spacial score (nSPS) is 16.0. The van der Waals surface area contributed by atoms with Crippen LogP contribution in [0, 0.1) is 0 Å². The monoisotopic (exact) mass is 414 g/mol. The minimum atomic E-state index is -0.523. The van der Waals surface area contributed by atoms with Gasteiger partial charge in [-0.1, -0.05) is 6.42 Å². The minimum absolute atomic E-state index is 0.0172. The number of aryl methyl sites for hydroxylation is 2. The number of hydrogen-bond acceptors (Lipinski definition) is 6. The zero-order valence-electron chi connectivity index (χ0n) is 16.9. The predicted octanol–water partition coefficient (Wildman–Crippen LogP) is 0.819. The van der Waals surface area contributed by atoms with Gasteiger partial charge in [0.1, 0.15) is 17.1 Å². The molecule has 3 aromatic heterocycles. The van der Waals surface area contributed by atoms with E-state index < -0.39 is 11.2 Å². The average molecular weight is 414 g/mol. The molecule has 4 heterocycles. The largest absolute Gasteiger partial charge is 0.468 e. The van der Waals surface area contributed by atoms with E-state index in [1.165, 1.54) is 18.0 Å². The average Bonchev–Trinajstić information content (AvgIpc) is 3.42. The highest BCUT2D eigenvalue weighted by atomic mass is 16.3. The van der Waals surface area contributed by atoms with Crippen LogP contribution in [-0.4, -0.2) is 50.0 Å². The Bertz CT molecular complexity index is 1120. The van der Waals surface area contributed by atoms with Crippen LogP contribution in [-0.2, 0) is 18.3 Å². The van der Waals surface area contributed by atoms with Gasteiger partial charge >= 0.3 is 5.69 Å². The summed E-state index contributed by atoms with van der Waals surface area (Å²) in [5.74, 6) is 1.24. The molecule has 1 fully saturated rings. The third-order valence-corrected chi connectivity index (χ3v) is 5.59. The first-order valence-corrected chi connectivity index (χ1v) is 10.2. The van der Waals surface area contributed by atoms with Crippen molar-refractivity contribution in [2.75, 3.05) is 19.6 Å². The highest BCUT2D eigenvalue weighted by molar-refractivity contribution is 5.76. The summed E-state index contributed by atoms with van der Waals surface area (Å²) in [6.45, 7) is 2.46. The third kappa shape index (κ3) is 4.23. The number of nitrogens with one attached hydrogen (secondary N) is 3. The number of furan rings is 1. The number of carbonyl (C=O) groups excluding carboxylic acids is 1. The summed E-state index contributed by atoms with van der Waals surface area (Å²) in [7, 11) is 1.54. The van der Waals surface area contributed by atoms with Crippen LogP contribution in [0.25, 0.3) is 11.2 Å². The molecule has 1 aliphatic rings. The van der Waals surface area contributed by atoms with Crippen LogP contribution >= 0.6 is 0 Å². The lowest BCUT2D eigenvalue weighted by atomic mass is 10.1. The molecule has 160 valence electrons. The summed E-state index contributed by atoms with van der Waals surface area (Å²) in [6, 6.07) is 3.83. The molecule has 3 aromatic rings. The van der Waals surface area contributed by atoms with Crippen LogP contribution in [0.5, 0.6) is 0 Å². The molecule has 10 heteroatoms. The maximum absolute atomic E-state index is 12.5. The van der Waals surface area contributed by atoms with E-state index in [2.05, 4.69) is 25.2 Å². The molecular weight excluding hydrogens is 388 g/mol. The number of piperidine rings is 1. The fourth-order valence-electron chi connectivity index (χ4n) is 3.92. The van der Waals surface area contributed by atoms with Gasteiger partial charge in [-0.05, 0) is 38.1 Å². The number of rotatable bonds is 7. The SMILES string of the molecule is Cn1c(=O)[nH]c(=O)c2[nH]c(CCC(=O)NC[C@H](c3ccco3)N3CCCCC3)nc21. The molecule has 1 amide bonds. The maximum Gasteiger partial charge on any atom is 0.329 e. The number of aromatic amines is 2. The van der Waals surface area contributed by atoms with Crippen LogP contribution in [0.4, 0.5) is 0 Å². The molecule has 0 aromatic carbocycles. The van der Waals surface area contributed by atoms with E-state index >= 15 is 0 Å². The van der Waals surface area contributed by atoms with Crippen molar-refractivity contribution in [1.29, 1.82) is 0 Å². The summed E-state index contributed by atoms with van der Waals surface area (Å²) in [5.41, 5.74) is -0.526. The number of imidazole rings is 1. The van der Waals surface area contributed by atoms with E-state index in [1.54, 1.807) is 6.26 Å². The van der Waals surface area contributed by atoms with Crippen LogP contribution in [0.2, 0.25) is 0 Å². The zero-order valence-corrected chi connectivity index (χ0v) is 16.9. The Morgan fingerprint density at radius 2 is 2.07 bits per heavy atom. The minimum Gasteiger partial charge on any atom is -0.468 e. The highest BCUT2D eigenvalue weighted by Gasteiger charge is 2.25. The number of aromatic nitrogens is 4. The van der Waals surface area contributed by atoms with Gasteiger partial charge in [0, 0.05) is 26.4 Å². The zero-order chi connectivity index (χ0) is 21.1. The third-order valence-electron chi connectivity index (χ3n) is 5.59. The molecule has 0 bridgehead atoms. The topological polar surface area (TPSA) is 129 Å². The van der Waals surface area contributed by atoms with Crippen molar-refractivity contribution in [3.63, 3.8) is 0 Å². The molecule has 3 N–H and O–H groups in total. The van der Waals surface area contributed by atoms with Crippen molar-refractivity contribution in [3.8, 4) is 0 Å². The van der Waals surface area contributed by atoms with E-state index in [0.717, 1.165) is 31.7 Å². The van der Waals surface area contributed by atoms with Gasteiger partial charge in [-0.3, -0.25) is 24.0 Å². The molecule has 1 saturated heterocycles. The van der Waals surface area contributed by atoms with Gasteiger partial charge < -0.3 is 14.7 Å². The van der Waals surface area contributed by atoms with Gasteiger partial charge in [0.25, 0.3) is 5.56 Å². The summed E-state index contributed by atoms with van der Waals surface area (Å²) >= 11 is 0. The predicted molar refractivity (Wildman–Crippen MR) is 110 cm³/mol. The molecule has 0 unspecified atom stereocenters. The lowest BCUT2D eigenvalue weighted by Gasteiger charge is -2.33. The Kier molecular flexibility index (Phi) is 5.84. The summed E-state index contributed by atoms with van der Waals surface area (Å²) < 4.78 is 6.88. The molecule has 1 aliphatic heterocycles. The second kappa shape index (κ2) is 8.70. The molecule has 1 atom stereocenters. The van der Waals surface area contributed by atoms with Crippen molar-refractivity contribution in [2.45, 2.75) is 38.1 Å². The van der Waals surface area contributed by atoms with Gasteiger partial charge in [0.05, 0.1) is 12.3 Å². The first-order valence-electron chi connectivity index (χ1n) is 10.2. The fraction of sp³-hybridized carbons (Fsp3) is 0.500. The van der Waals surface area contributed by atoms with Crippen LogP contribution < -0.4 is 16.6 Å². The summed E-state index contributed by atoms with van der Waals surface area (Å²) in [6.07, 6.45) is 5.75. The Hall–Kier alpha value is -3.14. The molecule has 10 nitrogen and oxygen atoms in total. The van der Waals surface area contributed by atoms with Gasteiger partial charge in [-0.25, -0.2) is 9.78 Å². The smallest absolute Gasteiger partial charge is 0.329 e.